The first-order valence-electron chi connectivity index (χ1n) is 7.17. The largest absolute Gasteiger partial charge is 0.399 e. The molecule has 1 aromatic rings. The zero-order chi connectivity index (χ0) is 15.3. The van der Waals surface area contributed by atoms with Gasteiger partial charge in [0.05, 0.1) is 12.4 Å². The Hall–Kier alpha value is -1.15. The molecule has 1 aliphatic heterocycles. The number of aliphatic hydroxyl groups is 1. The highest BCUT2D eigenvalue weighted by molar-refractivity contribution is 7.88. The maximum atomic E-state index is 12.5. The predicted molar refractivity (Wildman–Crippen MR) is 83.2 cm³/mol. The molecule has 0 aliphatic carbocycles. The number of anilines is 1. The zero-order valence-corrected chi connectivity index (χ0v) is 12.9. The molecule has 0 bridgehead atoms. The Morgan fingerprint density at radius 3 is 2.71 bits per heavy atom. The number of benzene rings is 1. The normalized spacial score (nSPS) is 18.5. The van der Waals surface area contributed by atoms with Crippen LogP contribution in [0.15, 0.2) is 24.3 Å². The van der Waals surface area contributed by atoms with Crippen LogP contribution >= 0.6 is 0 Å². The lowest BCUT2D eigenvalue weighted by atomic mass is 10.2. The summed E-state index contributed by atoms with van der Waals surface area (Å²) in [5.74, 6) is -0.0158. The molecule has 3 N–H and O–H groups in total. The molecule has 0 unspecified atom stereocenters. The highest BCUT2D eigenvalue weighted by Gasteiger charge is 2.25. The molecule has 1 saturated heterocycles. The van der Waals surface area contributed by atoms with Crippen molar-refractivity contribution in [3.05, 3.63) is 29.8 Å². The number of β-amino-alcohol motifs (C(OH)–C–C–N with tert-alkyl or cyclic N) is 1. The SMILES string of the molecule is Nc1cccc(CS(=O)(=O)N2CCCN(CCO)CC2)c1. The van der Waals surface area contributed by atoms with E-state index in [9.17, 15) is 8.42 Å². The second-order valence-electron chi connectivity index (χ2n) is 5.32. The third kappa shape index (κ3) is 4.67. The molecule has 0 aromatic heterocycles. The van der Waals surface area contributed by atoms with Gasteiger partial charge in [-0.3, -0.25) is 4.90 Å². The van der Waals surface area contributed by atoms with Crippen molar-refractivity contribution >= 4 is 15.7 Å². The Morgan fingerprint density at radius 2 is 2.00 bits per heavy atom. The number of nitrogen functional groups attached to an aromatic ring is 1. The van der Waals surface area contributed by atoms with Crippen LogP contribution in [0.3, 0.4) is 0 Å². The smallest absolute Gasteiger partial charge is 0.218 e. The van der Waals surface area contributed by atoms with Crippen LogP contribution in [0.4, 0.5) is 5.69 Å². The van der Waals surface area contributed by atoms with Crippen molar-refractivity contribution in [2.24, 2.45) is 0 Å². The van der Waals surface area contributed by atoms with E-state index in [0.29, 0.717) is 37.4 Å². The van der Waals surface area contributed by atoms with Gasteiger partial charge in [0.1, 0.15) is 0 Å². The van der Waals surface area contributed by atoms with Gasteiger partial charge in [-0.1, -0.05) is 12.1 Å². The second kappa shape index (κ2) is 7.22. The first-order valence-corrected chi connectivity index (χ1v) is 8.77. The Labute approximate surface area is 126 Å². The number of aliphatic hydroxyl groups excluding tert-OH is 1. The fourth-order valence-corrected chi connectivity index (χ4v) is 4.13. The highest BCUT2D eigenvalue weighted by Crippen LogP contribution is 2.15. The van der Waals surface area contributed by atoms with Gasteiger partial charge in [0.15, 0.2) is 0 Å². The maximum Gasteiger partial charge on any atom is 0.218 e. The number of nitrogens with two attached hydrogens (primary N) is 1. The average molecular weight is 313 g/mol. The average Bonchev–Trinajstić information content (AvgIpc) is 2.65. The monoisotopic (exact) mass is 313 g/mol. The summed E-state index contributed by atoms with van der Waals surface area (Å²) in [5.41, 5.74) is 6.98. The predicted octanol–water partition coefficient (Wildman–Crippen LogP) is 0.0986. The fourth-order valence-electron chi connectivity index (χ4n) is 2.58. The standard InChI is InChI=1S/C14H23N3O3S/c15-14-4-1-3-13(11-14)12-21(19,20)17-6-2-5-16(7-8-17)9-10-18/h1,3-4,11,18H,2,5-10,12,15H2. The van der Waals surface area contributed by atoms with Gasteiger partial charge in [0.25, 0.3) is 0 Å². The molecule has 0 amide bonds. The van der Waals surface area contributed by atoms with Crippen LogP contribution in [0, 0.1) is 0 Å². The van der Waals surface area contributed by atoms with Crippen molar-refractivity contribution in [1.82, 2.24) is 9.21 Å². The summed E-state index contributed by atoms with van der Waals surface area (Å²) in [5, 5.41) is 8.97. The van der Waals surface area contributed by atoms with Crippen LogP contribution in [-0.4, -0.2) is 62.1 Å². The van der Waals surface area contributed by atoms with Gasteiger partial charge in [0.2, 0.25) is 10.0 Å². The zero-order valence-electron chi connectivity index (χ0n) is 12.1. The Morgan fingerprint density at radius 1 is 1.19 bits per heavy atom. The molecule has 0 radical (unpaired) electrons. The number of hydrogen-bond donors (Lipinski definition) is 2. The molecule has 1 heterocycles. The van der Waals surface area contributed by atoms with Crippen molar-refractivity contribution in [2.75, 3.05) is 45.1 Å². The van der Waals surface area contributed by atoms with E-state index in [4.69, 9.17) is 10.8 Å². The van der Waals surface area contributed by atoms with Crippen LogP contribution in [0.2, 0.25) is 0 Å². The van der Waals surface area contributed by atoms with E-state index in [1.165, 1.54) is 0 Å². The molecular weight excluding hydrogens is 290 g/mol. The van der Waals surface area contributed by atoms with E-state index in [1.54, 1.807) is 28.6 Å². The second-order valence-corrected chi connectivity index (χ2v) is 7.29. The van der Waals surface area contributed by atoms with Gasteiger partial charge in [0, 0.05) is 31.9 Å². The first-order chi connectivity index (χ1) is 10.0. The minimum absolute atomic E-state index is 0.0158. The van der Waals surface area contributed by atoms with Gasteiger partial charge >= 0.3 is 0 Å². The van der Waals surface area contributed by atoms with Crippen molar-refractivity contribution in [3.8, 4) is 0 Å². The molecular formula is C14H23N3O3S. The number of sulfonamides is 1. The lowest BCUT2D eigenvalue weighted by Gasteiger charge is -2.21. The van der Waals surface area contributed by atoms with E-state index in [-0.39, 0.29) is 12.4 Å². The van der Waals surface area contributed by atoms with Crippen LogP contribution < -0.4 is 5.73 Å². The molecule has 1 aliphatic rings. The first kappa shape index (κ1) is 16.2. The highest BCUT2D eigenvalue weighted by atomic mass is 32.2. The Bertz CT molecular complexity index is 562. The Kier molecular flexibility index (Phi) is 5.58. The maximum absolute atomic E-state index is 12.5. The molecule has 1 aromatic carbocycles. The van der Waals surface area contributed by atoms with Gasteiger partial charge in [-0.15, -0.1) is 0 Å². The lowest BCUT2D eigenvalue weighted by Crippen LogP contribution is -2.36. The lowest BCUT2D eigenvalue weighted by molar-refractivity contribution is 0.202. The third-order valence-electron chi connectivity index (χ3n) is 3.66. The van der Waals surface area contributed by atoms with Crippen LogP contribution in [0.5, 0.6) is 0 Å². The minimum Gasteiger partial charge on any atom is -0.399 e. The summed E-state index contributed by atoms with van der Waals surface area (Å²) in [4.78, 5) is 2.09. The molecule has 21 heavy (non-hydrogen) atoms. The topological polar surface area (TPSA) is 86.9 Å². The molecule has 118 valence electrons. The number of rotatable bonds is 5. The summed E-state index contributed by atoms with van der Waals surface area (Å²) in [7, 11) is -3.33. The quantitative estimate of drug-likeness (QED) is 0.753. The molecule has 7 heteroatoms. The van der Waals surface area contributed by atoms with Gasteiger partial charge in [-0.05, 0) is 30.7 Å². The van der Waals surface area contributed by atoms with Crippen molar-refractivity contribution in [1.29, 1.82) is 0 Å². The Balaban J connectivity index is 2.02. The molecule has 2 rings (SSSR count). The van der Waals surface area contributed by atoms with Gasteiger partial charge in [-0.2, -0.15) is 0 Å². The molecule has 0 saturated carbocycles. The minimum atomic E-state index is -3.33. The van der Waals surface area contributed by atoms with Crippen molar-refractivity contribution < 1.29 is 13.5 Å². The van der Waals surface area contributed by atoms with E-state index in [2.05, 4.69) is 4.90 Å². The summed E-state index contributed by atoms with van der Waals surface area (Å²) in [6, 6.07) is 7.00. The van der Waals surface area contributed by atoms with Crippen molar-refractivity contribution in [3.63, 3.8) is 0 Å². The van der Waals surface area contributed by atoms with E-state index >= 15 is 0 Å². The molecule has 0 atom stereocenters. The number of hydrogen-bond acceptors (Lipinski definition) is 5. The van der Waals surface area contributed by atoms with E-state index in [0.717, 1.165) is 13.0 Å². The van der Waals surface area contributed by atoms with Crippen molar-refractivity contribution in [2.45, 2.75) is 12.2 Å². The fraction of sp³-hybridized carbons (Fsp3) is 0.571. The van der Waals surface area contributed by atoms with Crippen LogP contribution in [0.1, 0.15) is 12.0 Å². The van der Waals surface area contributed by atoms with Gasteiger partial charge < -0.3 is 10.8 Å². The molecule has 0 spiro atoms. The number of nitrogens with zero attached hydrogens (tertiary/aromatic N) is 2. The molecule has 1 fully saturated rings. The van der Waals surface area contributed by atoms with Gasteiger partial charge in [-0.25, -0.2) is 12.7 Å². The summed E-state index contributed by atoms with van der Waals surface area (Å²) >= 11 is 0. The molecule has 6 nitrogen and oxygen atoms in total. The summed E-state index contributed by atoms with van der Waals surface area (Å²) in [6.45, 7) is 3.21. The van der Waals surface area contributed by atoms with E-state index < -0.39 is 10.0 Å². The van der Waals surface area contributed by atoms with E-state index in [1.807, 2.05) is 0 Å². The van der Waals surface area contributed by atoms with Crippen LogP contribution in [0.25, 0.3) is 0 Å². The third-order valence-corrected chi connectivity index (χ3v) is 5.51. The van der Waals surface area contributed by atoms with Crippen LogP contribution in [-0.2, 0) is 15.8 Å². The summed E-state index contributed by atoms with van der Waals surface area (Å²) < 4.78 is 26.6. The summed E-state index contributed by atoms with van der Waals surface area (Å²) in [6.07, 6.45) is 0.788.